The minimum atomic E-state index is -0.259. The molecule has 2 aromatic rings. The number of anilines is 1. The fraction of sp³-hybridized carbons (Fsp3) is 0.583. The molecule has 1 unspecified atom stereocenters. The van der Waals surface area contributed by atoms with Crippen molar-refractivity contribution in [3.8, 4) is 0 Å². The Bertz CT molecular complexity index is 662. The number of aromatic nitrogens is 4. The van der Waals surface area contributed by atoms with Gasteiger partial charge in [0, 0.05) is 19.2 Å². The van der Waals surface area contributed by atoms with E-state index in [0.29, 0.717) is 24.7 Å². The highest BCUT2D eigenvalue weighted by atomic mass is 16.5. The van der Waals surface area contributed by atoms with Crippen molar-refractivity contribution in [2.24, 2.45) is 0 Å². The summed E-state index contributed by atoms with van der Waals surface area (Å²) in [4.78, 5) is 18.4. The molecule has 0 aliphatic carbocycles. The van der Waals surface area contributed by atoms with Crippen LogP contribution in [0.2, 0.25) is 0 Å². The van der Waals surface area contributed by atoms with Gasteiger partial charge < -0.3 is 15.0 Å². The SMILES string of the molecule is CNCC1COCCN1c1cc2n[nH]c(=O)n2c(C)n1. The lowest BCUT2D eigenvalue weighted by molar-refractivity contribution is 0.0939. The van der Waals surface area contributed by atoms with Crippen LogP contribution in [0, 0.1) is 6.92 Å². The molecule has 3 heterocycles. The number of morpholine rings is 1. The first-order valence-corrected chi connectivity index (χ1v) is 6.64. The Morgan fingerprint density at radius 1 is 1.60 bits per heavy atom. The summed E-state index contributed by atoms with van der Waals surface area (Å²) in [6.45, 7) is 4.75. The van der Waals surface area contributed by atoms with E-state index < -0.39 is 0 Å². The number of ether oxygens (including phenoxy) is 1. The molecule has 1 atom stereocenters. The molecular formula is C12H18N6O2. The van der Waals surface area contributed by atoms with Crippen molar-refractivity contribution in [1.29, 1.82) is 0 Å². The van der Waals surface area contributed by atoms with E-state index in [9.17, 15) is 4.79 Å². The molecule has 1 aliphatic rings. The molecule has 8 heteroatoms. The van der Waals surface area contributed by atoms with Gasteiger partial charge in [0.1, 0.15) is 11.6 Å². The Kier molecular flexibility index (Phi) is 3.41. The van der Waals surface area contributed by atoms with Crippen LogP contribution in [0.15, 0.2) is 10.9 Å². The molecule has 0 bridgehead atoms. The topological polar surface area (TPSA) is 87.5 Å². The zero-order valence-electron chi connectivity index (χ0n) is 11.6. The Hall–Kier alpha value is -1.93. The maximum Gasteiger partial charge on any atom is 0.349 e. The molecule has 1 saturated heterocycles. The molecule has 2 N–H and O–H groups in total. The van der Waals surface area contributed by atoms with Crippen LogP contribution in [-0.2, 0) is 4.74 Å². The van der Waals surface area contributed by atoms with E-state index >= 15 is 0 Å². The van der Waals surface area contributed by atoms with Crippen LogP contribution in [-0.4, -0.2) is 59.0 Å². The second-order valence-corrected chi connectivity index (χ2v) is 4.86. The van der Waals surface area contributed by atoms with Gasteiger partial charge in [-0.25, -0.2) is 19.3 Å². The second-order valence-electron chi connectivity index (χ2n) is 4.86. The number of fused-ring (bicyclic) bond motifs is 1. The summed E-state index contributed by atoms with van der Waals surface area (Å²) >= 11 is 0. The molecule has 0 aromatic carbocycles. The maximum atomic E-state index is 11.6. The van der Waals surface area contributed by atoms with Crippen LogP contribution in [0.25, 0.3) is 5.65 Å². The van der Waals surface area contributed by atoms with Gasteiger partial charge in [-0.15, -0.1) is 0 Å². The van der Waals surface area contributed by atoms with Crippen molar-refractivity contribution in [2.45, 2.75) is 13.0 Å². The highest BCUT2D eigenvalue weighted by molar-refractivity contribution is 5.52. The highest BCUT2D eigenvalue weighted by Gasteiger charge is 2.24. The van der Waals surface area contributed by atoms with E-state index in [1.165, 1.54) is 4.40 Å². The van der Waals surface area contributed by atoms with Gasteiger partial charge in [-0.3, -0.25) is 0 Å². The number of hydrogen-bond donors (Lipinski definition) is 2. The number of nitrogens with one attached hydrogen (secondary N) is 2. The summed E-state index contributed by atoms with van der Waals surface area (Å²) < 4.78 is 6.99. The fourth-order valence-electron chi connectivity index (χ4n) is 2.59. The molecule has 8 nitrogen and oxygen atoms in total. The first-order valence-electron chi connectivity index (χ1n) is 6.64. The van der Waals surface area contributed by atoms with E-state index in [0.717, 1.165) is 18.9 Å². The lowest BCUT2D eigenvalue weighted by Crippen LogP contribution is -2.50. The molecule has 0 amide bonds. The predicted octanol–water partition coefficient (Wildman–Crippen LogP) is -0.849. The Balaban J connectivity index is 2.02. The van der Waals surface area contributed by atoms with Crippen molar-refractivity contribution in [3.63, 3.8) is 0 Å². The van der Waals surface area contributed by atoms with Crippen molar-refractivity contribution in [2.75, 3.05) is 38.3 Å². The summed E-state index contributed by atoms with van der Waals surface area (Å²) in [5.74, 6) is 1.46. The summed E-state index contributed by atoms with van der Waals surface area (Å²) in [5.41, 5.74) is 0.331. The van der Waals surface area contributed by atoms with Gasteiger partial charge in [-0.1, -0.05) is 0 Å². The second kappa shape index (κ2) is 5.22. The predicted molar refractivity (Wildman–Crippen MR) is 74.2 cm³/mol. The molecule has 0 spiro atoms. The third-order valence-electron chi connectivity index (χ3n) is 3.52. The van der Waals surface area contributed by atoms with Crippen LogP contribution in [0.4, 0.5) is 5.82 Å². The van der Waals surface area contributed by atoms with E-state index in [2.05, 4.69) is 25.4 Å². The number of aryl methyl sites for hydroxylation is 1. The number of nitrogens with zero attached hydrogens (tertiary/aromatic N) is 4. The average Bonchev–Trinajstić information content (AvgIpc) is 2.82. The van der Waals surface area contributed by atoms with Crippen molar-refractivity contribution < 1.29 is 4.74 Å². The van der Waals surface area contributed by atoms with Gasteiger partial charge in [0.05, 0.1) is 19.3 Å². The first kappa shape index (κ1) is 13.1. The van der Waals surface area contributed by atoms with Crippen LogP contribution < -0.4 is 15.9 Å². The fourth-order valence-corrected chi connectivity index (χ4v) is 2.59. The number of aromatic amines is 1. The standard InChI is InChI=1S/C12H18N6O2/c1-8-14-10(5-11-15-16-12(19)18(8)11)17-3-4-20-7-9(17)6-13-2/h5,9,13H,3-4,6-7H2,1-2H3,(H,16,19). The molecule has 20 heavy (non-hydrogen) atoms. The Morgan fingerprint density at radius 2 is 2.45 bits per heavy atom. The number of H-pyrrole nitrogens is 1. The molecule has 3 rings (SSSR count). The molecule has 1 aliphatic heterocycles. The number of likely N-dealkylation sites (N-methyl/N-ethyl adjacent to an activating group) is 1. The van der Waals surface area contributed by atoms with Crippen LogP contribution in [0.3, 0.4) is 0 Å². The van der Waals surface area contributed by atoms with E-state index in [1.54, 1.807) is 6.92 Å². The molecular weight excluding hydrogens is 260 g/mol. The van der Waals surface area contributed by atoms with Gasteiger partial charge in [0.25, 0.3) is 0 Å². The smallest absolute Gasteiger partial charge is 0.349 e. The summed E-state index contributed by atoms with van der Waals surface area (Å²) in [6.07, 6.45) is 0. The minimum Gasteiger partial charge on any atom is -0.377 e. The number of hydrogen-bond acceptors (Lipinski definition) is 6. The minimum absolute atomic E-state index is 0.230. The van der Waals surface area contributed by atoms with E-state index in [1.807, 2.05) is 13.1 Å². The Morgan fingerprint density at radius 3 is 3.25 bits per heavy atom. The van der Waals surface area contributed by atoms with Crippen LogP contribution in [0.1, 0.15) is 5.82 Å². The van der Waals surface area contributed by atoms with Gasteiger partial charge in [0.15, 0.2) is 5.65 Å². The lowest BCUT2D eigenvalue weighted by atomic mass is 10.2. The quantitative estimate of drug-likeness (QED) is 0.760. The summed E-state index contributed by atoms with van der Waals surface area (Å²) in [6, 6.07) is 2.06. The monoisotopic (exact) mass is 278 g/mol. The summed E-state index contributed by atoms with van der Waals surface area (Å²) in [7, 11) is 1.92. The van der Waals surface area contributed by atoms with E-state index in [4.69, 9.17) is 4.74 Å². The van der Waals surface area contributed by atoms with Gasteiger partial charge in [0.2, 0.25) is 0 Å². The summed E-state index contributed by atoms with van der Waals surface area (Å²) in [5, 5.41) is 9.63. The average molecular weight is 278 g/mol. The zero-order valence-corrected chi connectivity index (χ0v) is 11.6. The van der Waals surface area contributed by atoms with Crippen molar-refractivity contribution in [1.82, 2.24) is 24.9 Å². The third kappa shape index (κ3) is 2.16. The molecule has 1 fully saturated rings. The largest absolute Gasteiger partial charge is 0.377 e. The van der Waals surface area contributed by atoms with E-state index in [-0.39, 0.29) is 11.7 Å². The molecule has 108 valence electrons. The maximum absolute atomic E-state index is 11.6. The van der Waals surface area contributed by atoms with Gasteiger partial charge >= 0.3 is 5.69 Å². The molecule has 0 radical (unpaired) electrons. The van der Waals surface area contributed by atoms with Crippen molar-refractivity contribution >= 4 is 11.5 Å². The molecule has 0 saturated carbocycles. The normalized spacial score (nSPS) is 19.7. The number of rotatable bonds is 3. The van der Waals surface area contributed by atoms with Crippen LogP contribution >= 0.6 is 0 Å². The first-order chi connectivity index (χ1) is 9.70. The van der Waals surface area contributed by atoms with Gasteiger partial charge in [-0.05, 0) is 14.0 Å². The Labute approximate surface area is 115 Å². The highest BCUT2D eigenvalue weighted by Crippen LogP contribution is 2.18. The third-order valence-corrected chi connectivity index (χ3v) is 3.52. The lowest BCUT2D eigenvalue weighted by Gasteiger charge is -2.36. The zero-order chi connectivity index (χ0) is 14.1. The van der Waals surface area contributed by atoms with Crippen molar-refractivity contribution in [3.05, 3.63) is 22.4 Å². The van der Waals surface area contributed by atoms with Gasteiger partial charge in [-0.2, -0.15) is 5.10 Å². The molecule has 2 aromatic heterocycles. The van der Waals surface area contributed by atoms with Crippen LogP contribution in [0.5, 0.6) is 0 Å².